The molecule has 1 aliphatic rings. The Morgan fingerprint density at radius 2 is 2.32 bits per heavy atom. The Morgan fingerprint density at radius 1 is 1.53 bits per heavy atom. The van der Waals surface area contributed by atoms with E-state index in [0.717, 1.165) is 18.5 Å². The fourth-order valence-electron chi connectivity index (χ4n) is 2.25. The lowest BCUT2D eigenvalue weighted by molar-refractivity contribution is 0.0232. The van der Waals surface area contributed by atoms with E-state index < -0.39 is 11.8 Å². The van der Waals surface area contributed by atoms with E-state index in [9.17, 15) is 9.18 Å². The zero-order valence-electron chi connectivity index (χ0n) is 11.1. The third kappa shape index (κ3) is 3.44. The molecule has 0 spiro atoms. The van der Waals surface area contributed by atoms with E-state index in [2.05, 4.69) is 10.1 Å². The van der Waals surface area contributed by atoms with Gasteiger partial charge in [0, 0.05) is 18.3 Å². The Bertz CT molecular complexity index is 464. The van der Waals surface area contributed by atoms with Crippen LogP contribution < -0.4 is 5.32 Å². The van der Waals surface area contributed by atoms with Crippen LogP contribution in [0.2, 0.25) is 0 Å². The summed E-state index contributed by atoms with van der Waals surface area (Å²) >= 11 is 0. The molecule has 2 unspecified atom stereocenters. The first-order chi connectivity index (χ1) is 9.10. The predicted octanol–water partition coefficient (Wildman–Crippen LogP) is 2.59. The molecule has 19 heavy (non-hydrogen) atoms. The molecule has 104 valence electrons. The van der Waals surface area contributed by atoms with E-state index in [1.54, 1.807) is 6.07 Å². The molecular weight excluding hydrogens is 249 g/mol. The number of methoxy groups -OCH3 is 1. The molecule has 0 amide bonds. The number of hydrogen-bond acceptors (Lipinski definition) is 4. The van der Waals surface area contributed by atoms with Gasteiger partial charge in [0.25, 0.3) is 0 Å². The van der Waals surface area contributed by atoms with Gasteiger partial charge in [-0.25, -0.2) is 9.18 Å². The molecule has 1 fully saturated rings. The van der Waals surface area contributed by atoms with Crippen LogP contribution in [-0.4, -0.2) is 31.8 Å². The van der Waals surface area contributed by atoms with Gasteiger partial charge < -0.3 is 14.8 Å². The summed E-state index contributed by atoms with van der Waals surface area (Å²) in [5, 5.41) is 3.30. The second-order valence-corrected chi connectivity index (χ2v) is 4.73. The summed E-state index contributed by atoms with van der Waals surface area (Å²) < 4.78 is 23.5. The van der Waals surface area contributed by atoms with Crippen molar-refractivity contribution in [2.45, 2.75) is 31.9 Å². The van der Waals surface area contributed by atoms with Gasteiger partial charge in [-0.1, -0.05) is 0 Å². The Kier molecular flexibility index (Phi) is 4.37. The molecule has 0 saturated carbocycles. The third-order valence-corrected chi connectivity index (χ3v) is 3.23. The smallest absolute Gasteiger partial charge is 0.340 e. The summed E-state index contributed by atoms with van der Waals surface area (Å²) in [6, 6.07) is 4.67. The number of ether oxygens (including phenoxy) is 2. The number of carbonyl (C=O) groups is 1. The zero-order chi connectivity index (χ0) is 13.8. The summed E-state index contributed by atoms with van der Waals surface area (Å²) in [4.78, 5) is 11.4. The van der Waals surface area contributed by atoms with Crippen LogP contribution in [0.5, 0.6) is 0 Å². The van der Waals surface area contributed by atoms with Crippen LogP contribution in [0.1, 0.15) is 30.1 Å². The fraction of sp³-hybridized carbons (Fsp3) is 0.500. The highest BCUT2D eigenvalue weighted by molar-refractivity contribution is 5.90. The SMILES string of the molecule is COC(=O)c1cc(NC2CCOC(C)C2)ccc1F. The van der Waals surface area contributed by atoms with Crippen LogP contribution >= 0.6 is 0 Å². The minimum atomic E-state index is -0.665. The minimum Gasteiger partial charge on any atom is -0.465 e. The Balaban J connectivity index is 2.10. The third-order valence-electron chi connectivity index (χ3n) is 3.23. The number of rotatable bonds is 3. The first-order valence-corrected chi connectivity index (χ1v) is 6.36. The van der Waals surface area contributed by atoms with E-state index in [4.69, 9.17) is 4.74 Å². The van der Waals surface area contributed by atoms with Crippen molar-refractivity contribution in [1.82, 2.24) is 0 Å². The molecule has 4 nitrogen and oxygen atoms in total. The molecule has 0 bridgehead atoms. The van der Waals surface area contributed by atoms with E-state index >= 15 is 0 Å². The number of nitrogens with one attached hydrogen (secondary N) is 1. The van der Waals surface area contributed by atoms with Gasteiger partial charge in [-0.2, -0.15) is 0 Å². The van der Waals surface area contributed by atoms with Gasteiger partial charge in [-0.3, -0.25) is 0 Å². The number of carbonyl (C=O) groups excluding carboxylic acids is 1. The predicted molar refractivity (Wildman–Crippen MR) is 69.8 cm³/mol. The molecular formula is C14H18FNO3. The van der Waals surface area contributed by atoms with Gasteiger partial charge in [-0.05, 0) is 38.0 Å². The van der Waals surface area contributed by atoms with Crippen LogP contribution in [0.4, 0.5) is 10.1 Å². The summed E-state index contributed by atoms with van der Waals surface area (Å²) in [5.74, 6) is -1.24. The molecule has 1 aliphatic heterocycles. The Morgan fingerprint density at radius 3 is 3.00 bits per heavy atom. The topological polar surface area (TPSA) is 47.6 Å². The summed E-state index contributed by atoms with van der Waals surface area (Å²) in [6.45, 7) is 2.74. The number of benzene rings is 1. The maximum absolute atomic E-state index is 13.5. The van der Waals surface area contributed by atoms with Crippen molar-refractivity contribution >= 4 is 11.7 Å². The molecule has 5 heteroatoms. The van der Waals surface area contributed by atoms with Crippen molar-refractivity contribution in [1.29, 1.82) is 0 Å². The van der Waals surface area contributed by atoms with Crippen LogP contribution in [-0.2, 0) is 9.47 Å². The fourth-order valence-corrected chi connectivity index (χ4v) is 2.25. The Hall–Kier alpha value is -1.62. The molecule has 0 radical (unpaired) electrons. The van der Waals surface area contributed by atoms with E-state index in [-0.39, 0.29) is 17.7 Å². The van der Waals surface area contributed by atoms with Gasteiger partial charge in [-0.15, -0.1) is 0 Å². The van der Waals surface area contributed by atoms with Gasteiger partial charge in [0.1, 0.15) is 5.82 Å². The van der Waals surface area contributed by atoms with Gasteiger partial charge in [0.05, 0.1) is 18.8 Å². The zero-order valence-corrected chi connectivity index (χ0v) is 11.1. The highest BCUT2D eigenvalue weighted by Crippen LogP contribution is 2.21. The van der Waals surface area contributed by atoms with Crippen LogP contribution in [0.15, 0.2) is 18.2 Å². The Labute approximate surface area is 111 Å². The molecule has 0 aliphatic carbocycles. The highest BCUT2D eigenvalue weighted by atomic mass is 19.1. The van der Waals surface area contributed by atoms with Gasteiger partial charge in [0.2, 0.25) is 0 Å². The monoisotopic (exact) mass is 267 g/mol. The van der Waals surface area contributed by atoms with Crippen LogP contribution in [0.3, 0.4) is 0 Å². The average molecular weight is 267 g/mol. The first kappa shape index (κ1) is 13.8. The molecule has 1 aromatic rings. The maximum atomic E-state index is 13.5. The quantitative estimate of drug-likeness (QED) is 0.855. The average Bonchev–Trinajstić information content (AvgIpc) is 2.40. The lowest BCUT2D eigenvalue weighted by Crippen LogP contribution is -2.32. The lowest BCUT2D eigenvalue weighted by Gasteiger charge is -2.28. The lowest BCUT2D eigenvalue weighted by atomic mass is 10.0. The van der Waals surface area contributed by atoms with Crippen molar-refractivity contribution in [3.63, 3.8) is 0 Å². The first-order valence-electron chi connectivity index (χ1n) is 6.36. The molecule has 0 aromatic heterocycles. The summed E-state index contributed by atoms with van der Waals surface area (Å²) in [7, 11) is 1.24. The van der Waals surface area contributed by atoms with E-state index in [0.29, 0.717) is 6.61 Å². The molecule has 1 heterocycles. The van der Waals surface area contributed by atoms with Crippen molar-refractivity contribution in [3.05, 3.63) is 29.6 Å². The second kappa shape index (κ2) is 6.02. The van der Waals surface area contributed by atoms with Crippen molar-refractivity contribution < 1.29 is 18.7 Å². The van der Waals surface area contributed by atoms with Crippen molar-refractivity contribution in [2.75, 3.05) is 19.0 Å². The molecule has 2 atom stereocenters. The number of anilines is 1. The van der Waals surface area contributed by atoms with Gasteiger partial charge in [0.15, 0.2) is 0 Å². The van der Waals surface area contributed by atoms with Crippen molar-refractivity contribution in [2.24, 2.45) is 0 Å². The summed E-state index contributed by atoms with van der Waals surface area (Å²) in [6.07, 6.45) is 2.01. The normalized spacial score (nSPS) is 22.9. The van der Waals surface area contributed by atoms with Crippen LogP contribution in [0, 0.1) is 5.82 Å². The van der Waals surface area contributed by atoms with E-state index in [1.807, 2.05) is 6.92 Å². The number of halogens is 1. The summed E-state index contributed by atoms with van der Waals surface area (Å²) in [5.41, 5.74) is 0.675. The second-order valence-electron chi connectivity index (χ2n) is 4.73. The maximum Gasteiger partial charge on any atom is 0.340 e. The molecule has 1 saturated heterocycles. The largest absolute Gasteiger partial charge is 0.465 e. The number of hydrogen-bond donors (Lipinski definition) is 1. The minimum absolute atomic E-state index is 0.0485. The molecule has 2 rings (SSSR count). The van der Waals surface area contributed by atoms with Gasteiger partial charge >= 0.3 is 5.97 Å². The van der Waals surface area contributed by atoms with Crippen molar-refractivity contribution in [3.8, 4) is 0 Å². The highest BCUT2D eigenvalue weighted by Gasteiger charge is 2.20. The molecule has 1 aromatic carbocycles. The van der Waals surface area contributed by atoms with E-state index in [1.165, 1.54) is 19.2 Å². The number of esters is 1. The van der Waals surface area contributed by atoms with Crippen LogP contribution in [0.25, 0.3) is 0 Å². The molecule has 1 N–H and O–H groups in total. The standard InChI is InChI=1S/C14H18FNO3/c1-9-7-11(5-6-19-9)16-10-3-4-13(15)12(8-10)14(17)18-2/h3-4,8-9,11,16H,5-7H2,1-2H3.